The summed E-state index contributed by atoms with van der Waals surface area (Å²) in [6.45, 7) is 1.41. The number of hydrogen-bond acceptors (Lipinski definition) is 6. The summed E-state index contributed by atoms with van der Waals surface area (Å²) in [6.07, 6.45) is 3.44. The number of aromatic nitrogens is 1. The minimum absolute atomic E-state index is 0.129. The third-order valence-electron chi connectivity index (χ3n) is 8.01. The fourth-order valence-corrected chi connectivity index (χ4v) is 6.37. The van der Waals surface area contributed by atoms with Crippen LogP contribution in [0, 0.1) is 18.8 Å². The topological polar surface area (TPSA) is 93.6 Å². The molecule has 0 bridgehead atoms. The number of anilines is 1. The molecular weight excluding hydrogens is 575 g/mol. The number of esters is 1. The standard InChI is InChI=1S/C33H26Cl2N2O5/c1-18-6-13-28-25(14-18)26(33(41)42-17-30(38)24-12-9-20(34)15-27(24)35)16-29(36-28)19-7-10-21(11-8-19)37-31(39)22-4-2-3-5-23(22)32(37)40/h6-16,22-23H,2-5,17H2,1H3/t22-,23-/m1/s1. The maximum atomic E-state index is 13.3. The molecule has 42 heavy (non-hydrogen) atoms. The second-order valence-corrected chi connectivity index (χ2v) is 11.6. The van der Waals surface area contributed by atoms with Gasteiger partial charge in [0, 0.05) is 21.5 Å². The maximum Gasteiger partial charge on any atom is 0.339 e. The molecule has 0 unspecified atom stereocenters. The van der Waals surface area contributed by atoms with Crippen LogP contribution in [0.2, 0.25) is 10.0 Å². The van der Waals surface area contributed by atoms with Crippen LogP contribution < -0.4 is 4.90 Å². The van der Waals surface area contributed by atoms with Crippen LogP contribution in [0.15, 0.2) is 66.7 Å². The zero-order chi connectivity index (χ0) is 29.5. The van der Waals surface area contributed by atoms with Gasteiger partial charge in [0.15, 0.2) is 6.61 Å². The summed E-state index contributed by atoms with van der Waals surface area (Å²) in [4.78, 5) is 58.2. The molecule has 2 fully saturated rings. The number of amides is 2. The number of imide groups is 1. The van der Waals surface area contributed by atoms with Gasteiger partial charge < -0.3 is 4.74 Å². The lowest BCUT2D eigenvalue weighted by Crippen LogP contribution is -2.30. The Kier molecular flexibility index (Phi) is 7.56. The summed E-state index contributed by atoms with van der Waals surface area (Å²) < 4.78 is 5.44. The van der Waals surface area contributed by atoms with Gasteiger partial charge in [0.1, 0.15) is 0 Å². The second kappa shape index (κ2) is 11.3. The average molecular weight is 601 g/mol. The second-order valence-electron chi connectivity index (χ2n) is 10.8. The highest BCUT2D eigenvalue weighted by Crippen LogP contribution is 2.40. The number of aryl methyl sites for hydroxylation is 1. The number of nitrogens with zero attached hydrogens (tertiary/aromatic N) is 2. The zero-order valence-electron chi connectivity index (χ0n) is 22.7. The predicted octanol–water partition coefficient (Wildman–Crippen LogP) is 7.24. The average Bonchev–Trinajstić information content (AvgIpc) is 3.24. The highest BCUT2D eigenvalue weighted by atomic mass is 35.5. The molecule has 7 nitrogen and oxygen atoms in total. The van der Waals surface area contributed by atoms with Crippen LogP contribution in [0.1, 0.15) is 52.0 Å². The maximum absolute atomic E-state index is 13.3. The third-order valence-corrected chi connectivity index (χ3v) is 8.56. The SMILES string of the molecule is Cc1ccc2nc(-c3ccc(N4C(=O)[C@@H]5CCCC[C@H]5C4=O)cc3)cc(C(=O)OCC(=O)c3ccc(Cl)cc3Cl)c2c1. The molecule has 0 radical (unpaired) electrons. The smallest absolute Gasteiger partial charge is 0.339 e. The molecule has 1 aromatic heterocycles. The Bertz CT molecular complexity index is 1740. The summed E-state index contributed by atoms with van der Waals surface area (Å²) in [6, 6.07) is 18.7. The Morgan fingerprint density at radius 1 is 0.881 bits per heavy atom. The molecule has 2 atom stereocenters. The van der Waals surface area contributed by atoms with Crippen molar-refractivity contribution in [3.63, 3.8) is 0 Å². The predicted molar refractivity (Wildman–Crippen MR) is 161 cm³/mol. The van der Waals surface area contributed by atoms with E-state index < -0.39 is 18.4 Å². The fraction of sp³-hybridized carbons (Fsp3) is 0.242. The summed E-state index contributed by atoms with van der Waals surface area (Å²) in [5.74, 6) is -1.85. The van der Waals surface area contributed by atoms with Gasteiger partial charge in [-0.25, -0.2) is 9.78 Å². The molecule has 4 aromatic rings. The van der Waals surface area contributed by atoms with E-state index in [1.165, 1.54) is 17.0 Å². The molecule has 212 valence electrons. The van der Waals surface area contributed by atoms with Crippen molar-refractivity contribution in [2.75, 3.05) is 11.5 Å². The van der Waals surface area contributed by atoms with E-state index in [1.807, 2.05) is 25.1 Å². The van der Waals surface area contributed by atoms with Crippen LogP contribution in [-0.4, -0.2) is 35.2 Å². The number of carbonyl (C=O) groups is 4. The van der Waals surface area contributed by atoms with E-state index >= 15 is 0 Å². The van der Waals surface area contributed by atoms with E-state index in [4.69, 9.17) is 32.9 Å². The van der Waals surface area contributed by atoms with E-state index in [2.05, 4.69) is 0 Å². The first-order valence-electron chi connectivity index (χ1n) is 13.8. The van der Waals surface area contributed by atoms with Crippen molar-refractivity contribution in [3.8, 4) is 11.3 Å². The Morgan fingerprint density at radius 2 is 1.57 bits per heavy atom. The molecule has 6 rings (SSSR count). The van der Waals surface area contributed by atoms with Gasteiger partial charge in [0.05, 0.1) is 39.3 Å². The molecule has 0 N–H and O–H groups in total. The van der Waals surface area contributed by atoms with Gasteiger partial charge in [-0.05, 0) is 68.3 Å². The fourth-order valence-electron chi connectivity index (χ4n) is 5.86. The van der Waals surface area contributed by atoms with Crippen LogP contribution in [0.25, 0.3) is 22.2 Å². The van der Waals surface area contributed by atoms with Gasteiger partial charge in [-0.1, -0.05) is 59.8 Å². The first-order valence-corrected chi connectivity index (χ1v) is 14.5. The Balaban J connectivity index is 1.28. The first kappa shape index (κ1) is 28.1. The largest absolute Gasteiger partial charge is 0.454 e. The van der Waals surface area contributed by atoms with Gasteiger partial charge in [0.25, 0.3) is 0 Å². The molecule has 1 saturated heterocycles. The van der Waals surface area contributed by atoms with Crippen LogP contribution in [0.4, 0.5) is 5.69 Å². The zero-order valence-corrected chi connectivity index (χ0v) is 24.2. The molecule has 1 aliphatic heterocycles. The minimum Gasteiger partial charge on any atom is -0.454 e. The number of rotatable bonds is 6. The number of ether oxygens (including phenoxy) is 1. The van der Waals surface area contributed by atoms with E-state index in [-0.39, 0.29) is 39.8 Å². The van der Waals surface area contributed by atoms with Crippen molar-refractivity contribution in [1.82, 2.24) is 4.98 Å². The summed E-state index contributed by atoms with van der Waals surface area (Å²) in [7, 11) is 0. The molecule has 2 heterocycles. The summed E-state index contributed by atoms with van der Waals surface area (Å²) in [5, 5.41) is 1.16. The van der Waals surface area contributed by atoms with Crippen LogP contribution in [0.5, 0.6) is 0 Å². The van der Waals surface area contributed by atoms with Crippen molar-refractivity contribution in [2.45, 2.75) is 32.6 Å². The molecule has 2 amide bonds. The molecule has 1 aliphatic carbocycles. The summed E-state index contributed by atoms with van der Waals surface area (Å²) in [5.41, 5.74) is 3.69. The molecule has 0 spiro atoms. The van der Waals surface area contributed by atoms with Gasteiger partial charge in [-0.15, -0.1) is 0 Å². The lowest BCUT2D eigenvalue weighted by atomic mass is 9.81. The number of benzene rings is 3. The molecule has 1 saturated carbocycles. The van der Waals surface area contributed by atoms with Crippen LogP contribution in [-0.2, 0) is 14.3 Å². The third kappa shape index (κ3) is 5.19. The monoisotopic (exact) mass is 600 g/mol. The van der Waals surface area contributed by atoms with Crippen molar-refractivity contribution in [2.24, 2.45) is 11.8 Å². The van der Waals surface area contributed by atoms with Gasteiger partial charge in [-0.2, -0.15) is 0 Å². The van der Waals surface area contributed by atoms with Crippen LogP contribution >= 0.6 is 23.2 Å². The quantitative estimate of drug-likeness (QED) is 0.131. The van der Waals surface area contributed by atoms with E-state index in [0.29, 0.717) is 32.9 Å². The van der Waals surface area contributed by atoms with E-state index in [1.54, 1.807) is 36.4 Å². The van der Waals surface area contributed by atoms with Crippen molar-refractivity contribution in [3.05, 3.63) is 93.5 Å². The Hall–Kier alpha value is -4.07. The number of Topliss-reactive ketones (excluding diaryl/α,β-unsaturated/α-hetero) is 1. The number of pyridine rings is 1. The number of carbonyl (C=O) groups excluding carboxylic acids is 4. The molecule has 3 aromatic carbocycles. The first-order chi connectivity index (χ1) is 20.2. The van der Waals surface area contributed by atoms with Crippen molar-refractivity contribution < 1.29 is 23.9 Å². The van der Waals surface area contributed by atoms with E-state index in [0.717, 1.165) is 31.2 Å². The Morgan fingerprint density at radius 3 is 2.24 bits per heavy atom. The summed E-state index contributed by atoms with van der Waals surface area (Å²) >= 11 is 12.1. The Labute approximate surface area is 252 Å². The van der Waals surface area contributed by atoms with Gasteiger partial charge in [0.2, 0.25) is 17.6 Å². The van der Waals surface area contributed by atoms with Gasteiger partial charge in [-0.3, -0.25) is 19.3 Å². The highest BCUT2D eigenvalue weighted by Gasteiger charge is 2.48. The van der Waals surface area contributed by atoms with Crippen molar-refractivity contribution in [1.29, 1.82) is 0 Å². The van der Waals surface area contributed by atoms with Gasteiger partial charge >= 0.3 is 5.97 Å². The minimum atomic E-state index is -0.680. The van der Waals surface area contributed by atoms with E-state index in [9.17, 15) is 19.2 Å². The lowest BCUT2D eigenvalue weighted by Gasteiger charge is -2.19. The molecule has 9 heteroatoms. The molecular formula is C33H26Cl2N2O5. The number of fused-ring (bicyclic) bond motifs is 2. The normalized spacial score (nSPS) is 18.3. The molecule has 2 aliphatic rings. The number of halogens is 2. The number of hydrogen-bond donors (Lipinski definition) is 0. The highest BCUT2D eigenvalue weighted by molar-refractivity contribution is 6.37. The van der Waals surface area contributed by atoms with Crippen LogP contribution in [0.3, 0.4) is 0 Å². The van der Waals surface area contributed by atoms with Crippen molar-refractivity contribution >= 4 is 63.4 Å². The lowest BCUT2D eigenvalue weighted by molar-refractivity contribution is -0.122. The number of ketones is 1.